The van der Waals surface area contributed by atoms with Gasteiger partial charge < -0.3 is 24.2 Å². The predicted octanol–water partition coefficient (Wildman–Crippen LogP) is 1.35. The molecule has 3 heterocycles. The Labute approximate surface area is 149 Å². The molecule has 1 amide bonds. The van der Waals surface area contributed by atoms with E-state index in [1.165, 1.54) is 11.4 Å². The molecule has 1 aromatic rings. The molecular weight excluding hydrogens is 318 g/mol. The van der Waals surface area contributed by atoms with Crippen LogP contribution in [-0.4, -0.2) is 76.0 Å². The zero-order valence-electron chi connectivity index (χ0n) is 14.7. The lowest BCUT2D eigenvalue weighted by molar-refractivity contribution is -0.141. The van der Waals surface area contributed by atoms with Crippen LogP contribution in [-0.2, 0) is 14.3 Å². The van der Waals surface area contributed by atoms with Gasteiger partial charge in [0.15, 0.2) is 0 Å². The molecule has 0 spiro atoms. The van der Waals surface area contributed by atoms with Gasteiger partial charge in [-0.3, -0.25) is 4.79 Å². The predicted molar refractivity (Wildman–Crippen MR) is 97.2 cm³/mol. The fourth-order valence-corrected chi connectivity index (χ4v) is 3.95. The number of nitrogens with zero attached hydrogens (tertiary/aromatic N) is 3. The van der Waals surface area contributed by atoms with Gasteiger partial charge in [-0.2, -0.15) is 0 Å². The lowest BCUT2D eigenvalue weighted by Gasteiger charge is -2.39. The number of ether oxygens (including phenoxy) is 2. The maximum Gasteiger partial charge on any atom is 0.251 e. The molecule has 0 N–H and O–H groups in total. The second kappa shape index (κ2) is 7.62. The summed E-state index contributed by atoms with van der Waals surface area (Å²) < 4.78 is 11.0. The maximum absolute atomic E-state index is 12.5. The molecule has 6 heteroatoms. The van der Waals surface area contributed by atoms with Crippen LogP contribution in [0.3, 0.4) is 0 Å². The third-order valence-electron chi connectivity index (χ3n) is 5.37. The topological polar surface area (TPSA) is 45.2 Å². The Morgan fingerprint density at radius 3 is 2.12 bits per heavy atom. The summed E-state index contributed by atoms with van der Waals surface area (Å²) in [7, 11) is 0. The number of amides is 1. The average molecular weight is 345 g/mol. The Kier molecular flexibility index (Phi) is 5.08. The molecule has 0 aliphatic carbocycles. The minimum atomic E-state index is -0.202. The van der Waals surface area contributed by atoms with E-state index in [9.17, 15) is 4.79 Å². The summed E-state index contributed by atoms with van der Waals surface area (Å²) in [5.41, 5.74) is 2.55. The number of hydrogen-bond donors (Lipinski definition) is 0. The lowest BCUT2D eigenvalue weighted by Crippen LogP contribution is -2.51. The number of morpholine rings is 1. The minimum absolute atomic E-state index is 0.179. The van der Waals surface area contributed by atoms with Crippen molar-refractivity contribution in [2.24, 2.45) is 0 Å². The second-order valence-corrected chi connectivity index (χ2v) is 6.90. The third-order valence-corrected chi connectivity index (χ3v) is 5.37. The average Bonchev–Trinajstić information content (AvgIpc) is 3.23. The van der Waals surface area contributed by atoms with Gasteiger partial charge in [-0.05, 0) is 25.0 Å². The summed E-state index contributed by atoms with van der Waals surface area (Å²) >= 11 is 0. The van der Waals surface area contributed by atoms with Crippen LogP contribution in [0.4, 0.5) is 11.4 Å². The first-order valence-corrected chi connectivity index (χ1v) is 9.40. The smallest absolute Gasteiger partial charge is 0.251 e. The van der Waals surface area contributed by atoms with Crippen LogP contribution in [0, 0.1) is 0 Å². The largest absolute Gasteiger partial charge is 0.378 e. The van der Waals surface area contributed by atoms with Gasteiger partial charge in [0.05, 0.1) is 24.6 Å². The van der Waals surface area contributed by atoms with Gasteiger partial charge in [-0.15, -0.1) is 0 Å². The van der Waals surface area contributed by atoms with Crippen LogP contribution in [0.2, 0.25) is 0 Å². The molecule has 6 nitrogen and oxygen atoms in total. The van der Waals surface area contributed by atoms with Gasteiger partial charge in [-0.1, -0.05) is 12.1 Å². The molecule has 3 aliphatic heterocycles. The Bertz CT molecular complexity index is 589. The van der Waals surface area contributed by atoms with Crippen molar-refractivity contribution in [3.63, 3.8) is 0 Å². The quantitative estimate of drug-likeness (QED) is 0.828. The molecule has 0 radical (unpaired) electrons. The van der Waals surface area contributed by atoms with Crippen molar-refractivity contribution in [2.45, 2.75) is 18.9 Å². The van der Waals surface area contributed by atoms with Gasteiger partial charge in [0, 0.05) is 45.9 Å². The first-order valence-electron chi connectivity index (χ1n) is 9.40. The van der Waals surface area contributed by atoms with E-state index >= 15 is 0 Å². The molecule has 25 heavy (non-hydrogen) atoms. The first kappa shape index (κ1) is 16.7. The number of piperazine rings is 1. The Hall–Kier alpha value is -1.79. The van der Waals surface area contributed by atoms with E-state index in [1.807, 2.05) is 4.90 Å². The molecule has 4 rings (SSSR count). The van der Waals surface area contributed by atoms with Crippen molar-refractivity contribution in [3.8, 4) is 0 Å². The summed E-state index contributed by atoms with van der Waals surface area (Å²) in [6.45, 7) is 7.48. The van der Waals surface area contributed by atoms with E-state index < -0.39 is 0 Å². The van der Waals surface area contributed by atoms with Crippen LogP contribution in [0.5, 0.6) is 0 Å². The van der Waals surface area contributed by atoms with E-state index in [2.05, 4.69) is 34.1 Å². The first-order chi connectivity index (χ1) is 12.3. The summed E-state index contributed by atoms with van der Waals surface area (Å²) in [6.07, 6.45) is 1.68. The van der Waals surface area contributed by atoms with Crippen LogP contribution in [0.1, 0.15) is 12.8 Å². The summed E-state index contributed by atoms with van der Waals surface area (Å²) in [5, 5.41) is 0. The summed E-state index contributed by atoms with van der Waals surface area (Å²) in [6, 6.07) is 8.60. The van der Waals surface area contributed by atoms with Crippen molar-refractivity contribution in [3.05, 3.63) is 24.3 Å². The summed E-state index contributed by atoms with van der Waals surface area (Å²) in [5.74, 6) is 0.179. The summed E-state index contributed by atoms with van der Waals surface area (Å²) in [4.78, 5) is 19.3. The number of rotatable bonds is 3. The maximum atomic E-state index is 12.5. The molecule has 1 aromatic carbocycles. The highest BCUT2D eigenvalue weighted by Crippen LogP contribution is 2.30. The second-order valence-electron chi connectivity index (χ2n) is 6.90. The molecule has 0 aromatic heterocycles. The molecule has 3 aliphatic rings. The third kappa shape index (κ3) is 3.60. The Morgan fingerprint density at radius 2 is 1.52 bits per heavy atom. The number of carbonyl (C=O) groups is 1. The van der Waals surface area contributed by atoms with Gasteiger partial charge >= 0.3 is 0 Å². The molecular formula is C19H27N3O3. The van der Waals surface area contributed by atoms with E-state index in [0.717, 1.165) is 71.9 Å². The fourth-order valence-electron chi connectivity index (χ4n) is 3.95. The van der Waals surface area contributed by atoms with Gasteiger partial charge in [0.2, 0.25) is 0 Å². The lowest BCUT2D eigenvalue weighted by atomic mass is 10.1. The Balaban J connectivity index is 1.41. The number of para-hydroxylation sites is 2. The molecule has 3 saturated heterocycles. The van der Waals surface area contributed by atoms with E-state index in [4.69, 9.17) is 9.47 Å². The van der Waals surface area contributed by atoms with E-state index in [1.54, 1.807) is 0 Å². The van der Waals surface area contributed by atoms with Gasteiger partial charge in [0.25, 0.3) is 5.91 Å². The normalized spacial score (nSPS) is 24.6. The number of carbonyl (C=O) groups excluding carboxylic acids is 1. The van der Waals surface area contributed by atoms with Crippen LogP contribution < -0.4 is 9.80 Å². The van der Waals surface area contributed by atoms with Crippen LogP contribution in [0.25, 0.3) is 0 Å². The molecule has 1 atom stereocenters. The molecule has 136 valence electrons. The standard InChI is InChI=1S/C19H27N3O3/c23-19(18-6-3-13-25-18)22-9-7-20(8-10-22)16-4-1-2-5-17(16)21-11-14-24-15-12-21/h1-2,4-5,18H,3,6-15H2. The number of anilines is 2. The van der Waals surface area contributed by atoms with Crippen molar-refractivity contribution in [1.29, 1.82) is 0 Å². The number of benzene rings is 1. The van der Waals surface area contributed by atoms with Crippen LogP contribution >= 0.6 is 0 Å². The van der Waals surface area contributed by atoms with Crippen molar-refractivity contribution >= 4 is 17.3 Å². The van der Waals surface area contributed by atoms with Crippen LogP contribution in [0.15, 0.2) is 24.3 Å². The van der Waals surface area contributed by atoms with Crippen molar-refractivity contribution in [1.82, 2.24) is 4.90 Å². The molecule has 3 fully saturated rings. The zero-order valence-corrected chi connectivity index (χ0v) is 14.7. The zero-order chi connectivity index (χ0) is 17.1. The highest BCUT2D eigenvalue weighted by atomic mass is 16.5. The van der Waals surface area contributed by atoms with Gasteiger partial charge in [0.1, 0.15) is 6.10 Å². The van der Waals surface area contributed by atoms with E-state index in [0.29, 0.717) is 0 Å². The number of hydrogen-bond acceptors (Lipinski definition) is 5. The monoisotopic (exact) mass is 345 g/mol. The van der Waals surface area contributed by atoms with E-state index in [-0.39, 0.29) is 12.0 Å². The Morgan fingerprint density at radius 1 is 0.880 bits per heavy atom. The molecule has 1 unspecified atom stereocenters. The highest BCUT2D eigenvalue weighted by molar-refractivity contribution is 5.81. The minimum Gasteiger partial charge on any atom is -0.378 e. The molecule has 0 bridgehead atoms. The van der Waals surface area contributed by atoms with Gasteiger partial charge in [-0.25, -0.2) is 0 Å². The highest BCUT2D eigenvalue weighted by Gasteiger charge is 2.31. The fraction of sp³-hybridized carbons (Fsp3) is 0.632. The molecule has 0 saturated carbocycles. The van der Waals surface area contributed by atoms with Crippen molar-refractivity contribution < 1.29 is 14.3 Å². The SMILES string of the molecule is O=C(C1CCCO1)N1CCN(c2ccccc2N2CCOCC2)CC1. The van der Waals surface area contributed by atoms with Crippen molar-refractivity contribution in [2.75, 3.05) is 68.9 Å².